The quantitative estimate of drug-likeness (QED) is 0.800. The first-order valence-electron chi connectivity index (χ1n) is 7.89. The fourth-order valence-corrected chi connectivity index (χ4v) is 2.38. The monoisotopic (exact) mass is 305 g/mol. The minimum Gasteiger partial charge on any atom is -0.478 e. The van der Waals surface area contributed by atoms with Gasteiger partial charge in [0.2, 0.25) is 5.91 Å². The molecule has 0 bridgehead atoms. The molecule has 22 heavy (non-hydrogen) atoms. The SMILES string of the molecule is CC(C)CN(CC(C)C)C(=O)CCc1ccc(C(=O)O)cc1. The standard InChI is InChI=1S/C18H27NO3/c1-13(2)11-19(12-14(3)4)17(20)10-7-15-5-8-16(9-6-15)18(21)22/h5-6,8-9,13-14H,7,10-12H2,1-4H3,(H,21,22). The van der Waals surface area contributed by atoms with Crippen LogP contribution >= 0.6 is 0 Å². The number of rotatable bonds is 8. The molecule has 0 aliphatic carbocycles. The predicted octanol–water partition coefficient (Wildman–Crippen LogP) is 3.46. The highest BCUT2D eigenvalue weighted by molar-refractivity contribution is 5.87. The molecule has 122 valence electrons. The largest absolute Gasteiger partial charge is 0.478 e. The lowest BCUT2D eigenvalue weighted by molar-refractivity contribution is -0.132. The van der Waals surface area contributed by atoms with E-state index in [4.69, 9.17) is 5.11 Å². The van der Waals surface area contributed by atoms with Crippen LogP contribution in [0.2, 0.25) is 0 Å². The zero-order valence-electron chi connectivity index (χ0n) is 14.0. The topological polar surface area (TPSA) is 57.6 Å². The number of nitrogens with zero attached hydrogens (tertiary/aromatic N) is 1. The highest BCUT2D eigenvalue weighted by Gasteiger charge is 2.16. The molecule has 4 heteroatoms. The van der Waals surface area contributed by atoms with Crippen molar-refractivity contribution in [2.75, 3.05) is 13.1 Å². The van der Waals surface area contributed by atoms with Gasteiger partial charge in [0.25, 0.3) is 0 Å². The molecule has 1 aromatic carbocycles. The molecule has 1 aromatic rings. The number of benzene rings is 1. The van der Waals surface area contributed by atoms with Crippen LogP contribution in [0.4, 0.5) is 0 Å². The number of hydrogen-bond acceptors (Lipinski definition) is 2. The van der Waals surface area contributed by atoms with Crippen LogP contribution in [0.3, 0.4) is 0 Å². The van der Waals surface area contributed by atoms with Gasteiger partial charge in [0, 0.05) is 19.5 Å². The Morgan fingerprint density at radius 3 is 1.91 bits per heavy atom. The van der Waals surface area contributed by atoms with Gasteiger partial charge >= 0.3 is 5.97 Å². The van der Waals surface area contributed by atoms with Gasteiger partial charge in [0.1, 0.15) is 0 Å². The van der Waals surface area contributed by atoms with Gasteiger partial charge in [-0.2, -0.15) is 0 Å². The molecule has 4 nitrogen and oxygen atoms in total. The van der Waals surface area contributed by atoms with Crippen LogP contribution in [0.1, 0.15) is 50.0 Å². The number of carboxylic acids is 1. The van der Waals surface area contributed by atoms with Crippen molar-refractivity contribution in [1.82, 2.24) is 4.90 Å². The van der Waals surface area contributed by atoms with Crippen molar-refractivity contribution in [2.24, 2.45) is 11.8 Å². The van der Waals surface area contributed by atoms with E-state index in [1.807, 2.05) is 4.90 Å². The number of hydrogen-bond donors (Lipinski definition) is 1. The van der Waals surface area contributed by atoms with Gasteiger partial charge < -0.3 is 10.0 Å². The molecule has 1 rings (SSSR count). The van der Waals surface area contributed by atoms with E-state index >= 15 is 0 Å². The van der Waals surface area contributed by atoms with Crippen LogP contribution < -0.4 is 0 Å². The Balaban J connectivity index is 2.59. The summed E-state index contributed by atoms with van der Waals surface area (Å²) in [5, 5.41) is 8.87. The molecule has 0 fully saturated rings. The lowest BCUT2D eigenvalue weighted by Crippen LogP contribution is -2.37. The van der Waals surface area contributed by atoms with E-state index in [1.54, 1.807) is 24.3 Å². The van der Waals surface area contributed by atoms with Gasteiger partial charge in [0.05, 0.1) is 5.56 Å². The molecule has 1 amide bonds. The molecule has 0 aromatic heterocycles. The fourth-order valence-electron chi connectivity index (χ4n) is 2.38. The molecule has 0 unspecified atom stereocenters. The third kappa shape index (κ3) is 6.29. The second-order valence-electron chi connectivity index (χ2n) is 6.59. The molecule has 0 spiro atoms. The minimum absolute atomic E-state index is 0.171. The number of carbonyl (C=O) groups is 2. The molecule has 1 N–H and O–H groups in total. The van der Waals surface area contributed by atoms with Crippen molar-refractivity contribution in [3.05, 3.63) is 35.4 Å². The van der Waals surface area contributed by atoms with Crippen molar-refractivity contribution in [2.45, 2.75) is 40.5 Å². The van der Waals surface area contributed by atoms with Gasteiger partial charge in [-0.05, 0) is 36.0 Å². The van der Waals surface area contributed by atoms with Crippen LogP contribution in [0.25, 0.3) is 0 Å². The Labute approximate surface area is 133 Å². The summed E-state index contributed by atoms with van der Waals surface area (Å²) >= 11 is 0. The van der Waals surface area contributed by atoms with Crippen LogP contribution in [-0.2, 0) is 11.2 Å². The average Bonchev–Trinajstić information content (AvgIpc) is 2.43. The van der Waals surface area contributed by atoms with Gasteiger partial charge in [-0.1, -0.05) is 39.8 Å². The van der Waals surface area contributed by atoms with Crippen molar-refractivity contribution in [1.29, 1.82) is 0 Å². The first-order chi connectivity index (χ1) is 10.3. The lowest BCUT2D eigenvalue weighted by atomic mass is 10.1. The zero-order chi connectivity index (χ0) is 16.7. The van der Waals surface area contributed by atoms with Crippen LogP contribution in [0, 0.1) is 11.8 Å². The van der Waals surface area contributed by atoms with E-state index in [-0.39, 0.29) is 11.5 Å². The Morgan fingerprint density at radius 2 is 1.50 bits per heavy atom. The second kappa shape index (κ2) is 8.57. The summed E-state index contributed by atoms with van der Waals surface area (Å²) in [5.74, 6) is 0.155. The number of aryl methyl sites for hydroxylation is 1. The molecule has 0 saturated heterocycles. The van der Waals surface area contributed by atoms with Gasteiger partial charge in [-0.25, -0.2) is 4.79 Å². The third-order valence-electron chi connectivity index (χ3n) is 3.35. The van der Waals surface area contributed by atoms with Crippen LogP contribution in [0.15, 0.2) is 24.3 Å². The van der Waals surface area contributed by atoms with E-state index in [1.165, 1.54) is 0 Å². The maximum atomic E-state index is 12.4. The molecule has 0 aliphatic rings. The van der Waals surface area contributed by atoms with Gasteiger partial charge in [-0.3, -0.25) is 4.79 Å². The molecule has 0 saturated carbocycles. The Kier molecular flexibility index (Phi) is 7.09. The highest BCUT2D eigenvalue weighted by atomic mass is 16.4. The molecular weight excluding hydrogens is 278 g/mol. The second-order valence-corrected chi connectivity index (χ2v) is 6.59. The van der Waals surface area contributed by atoms with E-state index in [0.29, 0.717) is 24.7 Å². The summed E-state index contributed by atoms with van der Waals surface area (Å²) in [6, 6.07) is 6.74. The molecule has 0 radical (unpaired) electrons. The average molecular weight is 305 g/mol. The van der Waals surface area contributed by atoms with Crippen molar-refractivity contribution in [3.8, 4) is 0 Å². The van der Waals surface area contributed by atoms with E-state index in [0.717, 1.165) is 18.7 Å². The number of carbonyl (C=O) groups excluding carboxylic acids is 1. The molecule has 0 heterocycles. The predicted molar refractivity (Wildman–Crippen MR) is 88.0 cm³/mol. The summed E-state index contributed by atoms with van der Waals surface area (Å²) in [5.41, 5.74) is 1.27. The summed E-state index contributed by atoms with van der Waals surface area (Å²) in [4.78, 5) is 25.2. The summed E-state index contributed by atoms with van der Waals surface area (Å²) < 4.78 is 0. The Morgan fingerprint density at radius 1 is 1.00 bits per heavy atom. The zero-order valence-corrected chi connectivity index (χ0v) is 14.0. The minimum atomic E-state index is -0.928. The smallest absolute Gasteiger partial charge is 0.335 e. The van der Waals surface area contributed by atoms with E-state index in [2.05, 4.69) is 27.7 Å². The van der Waals surface area contributed by atoms with E-state index < -0.39 is 5.97 Å². The Bertz CT molecular complexity index is 482. The normalized spacial score (nSPS) is 11.0. The summed E-state index contributed by atoms with van der Waals surface area (Å²) in [6.07, 6.45) is 1.11. The van der Waals surface area contributed by atoms with Crippen LogP contribution in [0.5, 0.6) is 0 Å². The highest BCUT2D eigenvalue weighted by Crippen LogP contribution is 2.10. The first-order valence-corrected chi connectivity index (χ1v) is 7.89. The van der Waals surface area contributed by atoms with Crippen molar-refractivity contribution in [3.63, 3.8) is 0 Å². The van der Waals surface area contributed by atoms with Crippen LogP contribution in [-0.4, -0.2) is 35.0 Å². The van der Waals surface area contributed by atoms with Gasteiger partial charge in [0.15, 0.2) is 0 Å². The maximum Gasteiger partial charge on any atom is 0.335 e. The number of amides is 1. The van der Waals surface area contributed by atoms with Gasteiger partial charge in [-0.15, -0.1) is 0 Å². The molecule has 0 aliphatic heterocycles. The van der Waals surface area contributed by atoms with Crippen molar-refractivity contribution < 1.29 is 14.7 Å². The third-order valence-corrected chi connectivity index (χ3v) is 3.35. The lowest BCUT2D eigenvalue weighted by Gasteiger charge is -2.26. The molecule has 0 atom stereocenters. The first kappa shape index (κ1) is 18.2. The summed E-state index contributed by atoms with van der Waals surface area (Å²) in [6.45, 7) is 10.0. The Hall–Kier alpha value is -1.84. The summed E-state index contributed by atoms with van der Waals surface area (Å²) in [7, 11) is 0. The molecular formula is C18H27NO3. The maximum absolute atomic E-state index is 12.4. The van der Waals surface area contributed by atoms with E-state index in [9.17, 15) is 9.59 Å². The number of carboxylic acid groups (broad SMARTS) is 1. The fraction of sp³-hybridized carbons (Fsp3) is 0.556. The van der Waals surface area contributed by atoms with Crippen molar-refractivity contribution >= 4 is 11.9 Å². The number of aromatic carboxylic acids is 1.